The lowest BCUT2D eigenvalue weighted by atomic mass is 9.90. The summed E-state index contributed by atoms with van der Waals surface area (Å²) in [6.45, 7) is 2.22. The van der Waals surface area contributed by atoms with Crippen LogP contribution in [0.4, 0.5) is 0 Å². The molecule has 1 saturated carbocycles. The van der Waals surface area contributed by atoms with Crippen LogP contribution in [0.25, 0.3) is 0 Å². The second kappa shape index (κ2) is 8.08. The third-order valence-corrected chi connectivity index (χ3v) is 3.23. The molecule has 0 saturated heterocycles. The highest BCUT2D eigenvalue weighted by Crippen LogP contribution is 2.23. The van der Waals surface area contributed by atoms with Crippen LogP contribution in [-0.2, 0) is 19.1 Å². The van der Waals surface area contributed by atoms with Gasteiger partial charge in [0.2, 0.25) is 5.91 Å². The van der Waals surface area contributed by atoms with Crippen molar-refractivity contribution in [2.75, 3.05) is 20.3 Å². The van der Waals surface area contributed by atoms with Crippen LogP contribution in [0.3, 0.4) is 0 Å². The number of methoxy groups -OCH3 is 1. The van der Waals surface area contributed by atoms with E-state index in [2.05, 4.69) is 10.1 Å². The first-order valence-electron chi connectivity index (χ1n) is 6.56. The Bertz CT molecular complexity index is 274. The van der Waals surface area contributed by atoms with E-state index in [1.165, 1.54) is 46.1 Å². The molecule has 1 N–H and O–H groups in total. The molecule has 0 radical (unpaired) electrons. The first-order chi connectivity index (χ1) is 8.63. The number of esters is 1. The van der Waals surface area contributed by atoms with Crippen molar-refractivity contribution in [2.24, 2.45) is 5.92 Å². The number of carbonyl (C=O) groups is 2. The van der Waals surface area contributed by atoms with Crippen LogP contribution in [0.2, 0.25) is 0 Å². The normalized spacial score (nSPS) is 18.1. The molecule has 1 unspecified atom stereocenters. The molecule has 1 fully saturated rings. The molecule has 0 spiro atoms. The summed E-state index contributed by atoms with van der Waals surface area (Å²) in [6.07, 6.45) is 6.24. The Balaban J connectivity index is 2.27. The number of hydrogen-bond donors (Lipinski definition) is 1. The van der Waals surface area contributed by atoms with Crippen molar-refractivity contribution in [1.29, 1.82) is 0 Å². The van der Waals surface area contributed by atoms with Gasteiger partial charge < -0.3 is 14.8 Å². The van der Waals surface area contributed by atoms with Gasteiger partial charge in [-0.15, -0.1) is 0 Å². The Labute approximate surface area is 108 Å². The summed E-state index contributed by atoms with van der Waals surface area (Å²) < 4.78 is 10.2. The first kappa shape index (κ1) is 15.0. The SMILES string of the molecule is COC(=O)C(COCC1CCCCC1)NC(C)=O. The van der Waals surface area contributed by atoms with E-state index in [9.17, 15) is 9.59 Å². The second-order valence-electron chi connectivity index (χ2n) is 4.82. The van der Waals surface area contributed by atoms with E-state index in [0.29, 0.717) is 12.5 Å². The Kier molecular flexibility index (Phi) is 6.72. The van der Waals surface area contributed by atoms with Gasteiger partial charge in [0, 0.05) is 13.5 Å². The van der Waals surface area contributed by atoms with Crippen molar-refractivity contribution in [3.63, 3.8) is 0 Å². The second-order valence-corrected chi connectivity index (χ2v) is 4.82. The minimum Gasteiger partial charge on any atom is -0.467 e. The Morgan fingerprint density at radius 1 is 1.28 bits per heavy atom. The Morgan fingerprint density at radius 2 is 1.94 bits per heavy atom. The first-order valence-corrected chi connectivity index (χ1v) is 6.56. The zero-order valence-corrected chi connectivity index (χ0v) is 11.2. The molecule has 1 aliphatic rings. The summed E-state index contributed by atoms with van der Waals surface area (Å²) in [7, 11) is 1.30. The third kappa shape index (κ3) is 5.49. The van der Waals surface area contributed by atoms with Crippen LogP contribution in [0, 0.1) is 5.92 Å². The van der Waals surface area contributed by atoms with Crippen molar-refractivity contribution < 1.29 is 19.1 Å². The van der Waals surface area contributed by atoms with Gasteiger partial charge in [-0.2, -0.15) is 0 Å². The molecule has 0 aromatic heterocycles. The van der Waals surface area contributed by atoms with E-state index in [0.717, 1.165) is 0 Å². The van der Waals surface area contributed by atoms with Crippen LogP contribution in [0.5, 0.6) is 0 Å². The molecule has 5 heteroatoms. The fraction of sp³-hybridized carbons (Fsp3) is 0.846. The van der Waals surface area contributed by atoms with E-state index >= 15 is 0 Å². The molecule has 104 valence electrons. The summed E-state index contributed by atoms with van der Waals surface area (Å²) in [4.78, 5) is 22.4. The molecule has 1 aliphatic carbocycles. The summed E-state index contributed by atoms with van der Waals surface area (Å²) in [5.74, 6) is -0.130. The van der Waals surface area contributed by atoms with Gasteiger partial charge in [-0.25, -0.2) is 4.79 Å². The van der Waals surface area contributed by atoms with Gasteiger partial charge in [-0.1, -0.05) is 19.3 Å². The van der Waals surface area contributed by atoms with Gasteiger partial charge >= 0.3 is 5.97 Å². The topological polar surface area (TPSA) is 64.6 Å². The lowest BCUT2D eigenvalue weighted by molar-refractivity contribution is -0.146. The molecule has 0 aliphatic heterocycles. The van der Waals surface area contributed by atoms with Crippen LogP contribution < -0.4 is 5.32 Å². The predicted octanol–water partition coefficient (Wildman–Crippen LogP) is 1.26. The molecule has 18 heavy (non-hydrogen) atoms. The van der Waals surface area contributed by atoms with Gasteiger partial charge in [0.05, 0.1) is 13.7 Å². The maximum atomic E-state index is 11.4. The van der Waals surface area contributed by atoms with Crippen LogP contribution >= 0.6 is 0 Å². The summed E-state index contributed by atoms with van der Waals surface area (Å²) >= 11 is 0. The largest absolute Gasteiger partial charge is 0.467 e. The van der Waals surface area contributed by atoms with Crippen molar-refractivity contribution in [2.45, 2.75) is 45.1 Å². The van der Waals surface area contributed by atoms with Crippen molar-refractivity contribution in [3.05, 3.63) is 0 Å². The highest BCUT2D eigenvalue weighted by atomic mass is 16.5. The lowest BCUT2D eigenvalue weighted by Crippen LogP contribution is -2.44. The predicted molar refractivity (Wildman–Crippen MR) is 67.0 cm³/mol. The van der Waals surface area contributed by atoms with Crippen molar-refractivity contribution in [1.82, 2.24) is 5.32 Å². The van der Waals surface area contributed by atoms with Crippen LogP contribution in [0.1, 0.15) is 39.0 Å². The van der Waals surface area contributed by atoms with Gasteiger partial charge in [0.25, 0.3) is 0 Å². The molecule has 5 nitrogen and oxygen atoms in total. The minimum absolute atomic E-state index is 0.183. The molecule has 0 aromatic rings. The highest BCUT2D eigenvalue weighted by Gasteiger charge is 2.21. The minimum atomic E-state index is -0.698. The fourth-order valence-electron chi connectivity index (χ4n) is 2.26. The van der Waals surface area contributed by atoms with E-state index < -0.39 is 12.0 Å². The van der Waals surface area contributed by atoms with E-state index in [1.807, 2.05) is 0 Å². The number of hydrogen-bond acceptors (Lipinski definition) is 4. The van der Waals surface area contributed by atoms with Crippen molar-refractivity contribution in [3.8, 4) is 0 Å². The molecule has 1 atom stereocenters. The number of ether oxygens (including phenoxy) is 2. The van der Waals surface area contributed by atoms with Crippen LogP contribution in [0.15, 0.2) is 0 Å². The molecule has 0 heterocycles. The summed E-state index contributed by atoms with van der Waals surface area (Å²) in [5.41, 5.74) is 0. The molecular weight excluding hydrogens is 234 g/mol. The Morgan fingerprint density at radius 3 is 2.50 bits per heavy atom. The molecule has 0 aromatic carbocycles. The molecule has 1 rings (SSSR count). The smallest absolute Gasteiger partial charge is 0.330 e. The summed E-state index contributed by atoms with van der Waals surface area (Å²) in [6, 6.07) is -0.698. The monoisotopic (exact) mass is 257 g/mol. The van der Waals surface area contributed by atoms with Crippen molar-refractivity contribution >= 4 is 11.9 Å². The fourth-order valence-corrected chi connectivity index (χ4v) is 2.26. The van der Waals surface area contributed by atoms with E-state index in [-0.39, 0.29) is 12.5 Å². The summed E-state index contributed by atoms with van der Waals surface area (Å²) in [5, 5.41) is 2.53. The number of nitrogens with one attached hydrogen (secondary N) is 1. The maximum Gasteiger partial charge on any atom is 0.330 e. The van der Waals surface area contributed by atoms with Gasteiger partial charge in [-0.05, 0) is 18.8 Å². The molecule has 1 amide bonds. The number of amides is 1. The van der Waals surface area contributed by atoms with Crippen LogP contribution in [-0.4, -0.2) is 38.2 Å². The van der Waals surface area contributed by atoms with E-state index in [1.54, 1.807) is 0 Å². The van der Waals surface area contributed by atoms with Gasteiger partial charge in [0.15, 0.2) is 6.04 Å². The average Bonchev–Trinajstić information content (AvgIpc) is 2.37. The lowest BCUT2D eigenvalue weighted by Gasteiger charge is -2.22. The average molecular weight is 257 g/mol. The zero-order chi connectivity index (χ0) is 13.4. The van der Waals surface area contributed by atoms with E-state index in [4.69, 9.17) is 4.74 Å². The zero-order valence-electron chi connectivity index (χ0n) is 11.2. The third-order valence-electron chi connectivity index (χ3n) is 3.23. The molecular formula is C13H23NO4. The molecule has 0 bridgehead atoms. The number of carbonyl (C=O) groups excluding carboxylic acids is 2. The quantitative estimate of drug-likeness (QED) is 0.728. The Hall–Kier alpha value is -1.10. The van der Waals surface area contributed by atoms with Gasteiger partial charge in [-0.3, -0.25) is 4.79 Å². The van der Waals surface area contributed by atoms with Gasteiger partial charge in [0.1, 0.15) is 0 Å². The maximum absolute atomic E-state index is 11.4. The number of rotatable bonds is 6. The highest BCUT2D eigenvalue weighted by molar-refractivity contribution is 5.83. The standard InChI is InChI=1S/C13H23NO4/c1-10(15)14-12(13(16)17-2)9-18-8-11-6-4-3-5-7-11/h11-12H,3-9H2,1-2H3,(H,14,15).